The molecule has 0 unspecified atom stereocenters. The molecule has 2 N–H and O–H groups in total. The topological polar surface area (TPSA) is 55.7 Å². The molecule has 0 aliphatic heterocycles. The Labute approximate surface area is 161 Å². The maximum absolute atomic E-state index is 6.00. The van der Waals surface area contributed by atoms with Crippen molar-refractivity contribution in [3.63, 3.8) is 0 Å². The standard InChI is InChI=1S/C20H19ClN4S/c1-3-12-25-19(16-4-8-17(21)9-5-16)13-26-20(25)23-18-10-6-15(7-11-18)14(2)24-22/h3-11,13H,1,12,22H2,2H3. The van der Waals surface area contributed by atoms with Crippen LogP contribution < -0.4 is 10.6 Å². The first-order valence-corrected chi connectivity index (χ1v) is 9.33. The van der Waals surface area contributed by atoms with Gasteiger partial charge in [-0.3, -0.25) is 0 Å². The Morgan fingerprint density at radius 1 is 1.19 bits per heavy atom. The normalized spacial score (nSPS) is 12.4. The van der Waals surface area contributed by atoms with E-state index in [1.54, 1.807) is 11.3 Å². The number of benzene rings is 2. The molecule has 0 fully saturated rings. The van der Waals surface area contributed by atoms with Crippen LogP contribution in [0.1, 0.15) is 12.5 Å². The molecule has 26 heavy (non-hydrogen) atoms. The van der Waals surface area contributed by atoms with Crippen molar-refractivity contribution in [1.29, 1.82) is 0 Å². The van der Waals surface area contributed by atoms with Crippen LogP contribution in [-0.2, 0) is 6.54 Å². The van der Waals surface area contributed by atoms with Gasteiger partial charge in [-0.15, -0.1) is 17.9 Å². The van der Waals surface area contributed by atoms with E-state index >= 15 is 0 Å². The number of nitrogens with zero attached hydrogens (tertiary/aromatic N) is 3. The second-order valence-corrected chi connectivity index (χ2v) is 6.96. The molecule has 0 saturated heterocycles. The van der Waals surface area contributed by atoms with Crippen LogP contribution in [0.25, 0.3) is 11.3 Å². The van der Waals surface area contributed by atoms with E-state index in [1.807, 2.05) is 61.5 Å². The largest absolute Gasteiger partial charge is 0.323 e. The summed E-state index contributed by atoms with van der Waals surface area (Å²) in [6.07, 6.45) is 1.87. The Morgan fingerprint density at radius 2 is 1.88 bits per heavy atom. The molecule has 2 aromatic carbocycles. The number of nitrogens with two attached hydrogens (primary N) is 1. The van der Waals surface area contributed by atoms with E-state index < -0.39 is 0 Å². The first kappa shape index (κ1) is 18.2. The summed E-state index contributed by atoms with van der Waals surface area (Å²) < 4.78 is 2.14. The molecule has 0 aliphatic carbocycles. The van der Waals surface area contributed by atoms with Gasteiger partial charge in [0.05, 0.1) is 17.1 Å². The van der Waals surface area contributed by atoms with E-state index in [4.69, 9.17) is 22.4 Å². The highest BCUT2D eigenvalue weighted by atomic mass is 35.5. The predicted molar refractivity (Wildman–Crippen MR) is 111 cm³/mol. The molecule has 3 rings (SSSR count). The minimum atomic E-state index is 0.678. The van der Waals surface area contributed by atoms with Crippen LogP contribution in [0.3, 0.4) is 0 Å². The molecule has 132 valence electrons. The molecule has 0 spiro atoms. The molecule has 1 heterocycles. The summed E-state index contributed by atoms with van der Waals surface area (Å²) in [7, 11) is 0. The first-order chi connectivity index (χ1) is 12.6. The highest BCUT2D eigenvalue weighted by Crippen LogP contribution is 2.23. The SMILES string of the molecule is C=CCn1c(-c2ccc(Cl)cc2)csc1=Nc1ccc(C(C)=NN)cc1. The van der Waals surface area contributed by atoms with Crippen molar-refractivity contribution in [3.8, 4) is 11.3 Å². The Morgan fingerprint density at radius 3 is 2.50 bits per heavy atom. The highest BCUT2D eigenvalue weighted by molar-refractivity contribution is 7.07. The molecule has 0 aliphatic rings. The molecule has 0 saturated carbocycles. The summed E-state index contributed by atoms with van der Waals surface area (Å²) in [4.78, 5) is 5.70. The minimum absolute atomic E-state index is 0.678. The van der Waals surface area contributed by atoms with Gasteiger partial charge in [-0.25, -0.2) is 4.99 Å². The number of hydrazone groups is 1. The van der Waals surface area contributed by atoms with E-state index in [0.717, 1.165) is 38.0 Å². The lowest BCUT2D eigenvalue weighted by Gasteiger charge is -2.07. The van der Waals surface area contributed by atoms with E-state index in [2.05, 4.69) is 21.6 Å². The molecular weight excluding hydrogens is 364 g/mol. The zero-order valence-electron chi connectivity index (χ0n) is 14.4. The number of halogens is 1. The van der Waals surface area contributed by atoms with Gasteiger partial charge in [0.15, 0.2) is 4.80 Å². The van der Waals surface area contributed by atoms with Gasteiger partial charge in [-0.1, -0.05) is 41.9 Å². The molecule has 6 heteroatoms. The first-order valence-electron chi connectivity index (χ1n) is 8.07. The minimum Gasteiger partial charge on any atom is -0.323 e. The average molecular weight is 383 g/mol. The van der Waals surface area contributed by atoms with E-state index in [0.29, 0.717) is 6.54 Å². The lowest BCUT2D eigenvalue weighted by molar-refractivity contribution is 0.800. The molecule has 0 bridgehead atoms. The quantitative estimate of drug-likeness (QED) is 0.288. The van der Waals surface area contributed by atoms with Gasteiger partial charge in [0.2, 0.25) is 0 Å². The molecule has 1 aromatic heterocycles. The molecule has 3 aromatic rings. The number of hydrogen-bond acceptors (Lipinski definition) is 4. The van der Waals surface area contributed by atoms with Gasteiger partial charge >= 0.3 is 0 Å². The zero-order valence-corrected chi connectivity index (χ0v) is 16.0. The second kappa shape index (κ2) is 8.17. The fraction of sp³-hybridized carbons (Fsp3) is 0.100. The van der Waals surface area contributed by atoms with Gasteiger partial charge in [0, 0.05) is 16.9 Å². The third-order valence-corrected chi connectivity index (χ3v) is 5.07. The fourth-order valence-corrected chi connectivity index (χ4v) is 3.60. The number of allylic oxidation sites excluding steroid dienone is 1. The lowest BCUT2D eigenvalue weighted by Crippen LogP contribution is -2.14. The number of rotatable bonds is 5. The average Bonchev–Trinajstić information content (AvgIpc) is 3.05. The highest BCUT2D eigenvalue weighted by Gasteiger charge is 2.07. The third-order valence-electron chi connectivity index (χ3n) is 3.95. The Balaban J connectivity index is 2.03. The van der Waals surface area contributed by atoms with Crippen molar-refractivity contribution in [1.82, 2.24) is 4.57 Å². The van der Waals surface area contributed by atoms with Crippen LogP contribution in [0.15, 0.2) is 76.7 Å². The molecule has 0 atom stereocenters. The fourth-order valence-electron chi connectivity index (χ4n) is 2.54. The number of aromatic nitrogens is 1. The Hall–Kier alpha value is -2.63. The van der Waals surface area contributed by atoms with Crippen LogP contribution in [0.5, 0.6) is 0 Å². The van der Waals surface area contributed by atoms with Crippen molar-refractivity contribution < 1.29 is 0 Å². The second-order valence-electron chi connectivity index (χ2n) is 5.68. The summed E-state index contributed by atoms with van der Waals surface area (Å²) in [5, 5.41) is 6.54. The van der Waals surface area contributed by atoms with Gasteiger partial charge < -0.3 is 10.4 Å². The summed E-state index contributed by atoms with van der Waals surface area (Å²) in [5.41, 5.74) is 4.84. The molecule has 0 radical (unpaired) electrons. The van der Waals surface area contributed by atoms with Gasteiger partial charge in [-0.05, 0) is 42.3 Å². The van der Waals surface area contributed by atoms with Gasteiger partial charge in [0.25, 0.3) is 0 Å². The lowest BCUT2D eigenvalue weighted by atomic mass is 10.1. The van der Waals surface area contributed by atoms with Gasteiger partial charge in [0.1, 0.15) is 0 Å². The number of hydrogen-bond donors (Lipinski definition) is 1. The van der Waals surface area contributed by atoms with Gasteiger partial charge in [-0.2, -0.15) is 5.10 Å². The van der Waals surface area contributed by atoms with Crippen molar-refractivity contribution in [2.75, 3.05) is 0 Å². The summed E-state index contributed by atoms with van der Waals surface area (Å²) in [5.74, 6) is 5.33. The predicted octanol–water partition coefficient (Wildman–Crippen LogP) is 4.97. The van der Waals surface area contributed by atoms with E-state index in [-0.39, 0.29) is 0 Å². The summed E-state index contributed by atoms with van der Waals surface area (Å²) in [6, 6.07) is 15.7. The summed E-state index contributed by atoms with van der Waals surface area (Å²) in [6.45, 7) is 6.42. The monoisotopic (exact) mass is 382 g/mol. The van der Waals surface area contributed by atoms with Crippen LogP contribution in [0, 0.1) is 0 Å². The van der Waals surface area contributed by atoms with Crippen molar-refractivity contribution in [2.45, 2.75) is 13.5 Å². The molecule has 0 amide bonds. The molecule has 4 nitrogen and oxygen atoms in total. The van der Waals surface area contributed by atoms with Crippen molar-refractivity contribution in [2.24, 2.45) is 15.9 Å². The van der Waals surface area contributed by atoms with E-state index in [9.17, 15) is 0 Å². The maximum atomic E-state index is 6.00. The van der Waals surface area contributed by atoms with Crippen LogP contribution in [0.4, 0.5) is 5.69 Å². The third kappa shape index (κ3) is 3.95. The van der Waals surface area contributed by atoms with Crippen LogP contribution in [0.2, 0.25) is 5.02 Å². The summed E-state index contributed by atoms with van der Waals surface area (Å²) >= 11 is 7.60. The maximum Gasteiger partial charge on any atom is 0.190 e. The number of thiazole rings is 1. The Kier molecular flexibility index (Phi) is 5.71. The Bertz CT molecular complexity index is 996. The smallest absolute Gasteiger partial charge is 0.190 e. The van der Waals surface area contributed by atoms with E-state index in [1.165, 1.54) is 0 Å². The van der Waals surface area contributed by atoms with Crippen molar-refractivity contribution in [3.05, 3.63) is 82.0 Å². The van der Waals surface area contributed by atoms with Crippen LogP contribution >= 0.6 is 22.9 Å². The molecular formula is C20H19ClN4S. The zero-order chi connectivity index (χ0) is 18.5. The van der Waals surface area contributed by atoms with Crippen molar-refractivity contribution >= 4 is 34.3 Å². The van der Waals surface area contributed by atoms with Crippen LogP contribution in [-0.4, -0.2) is 10.3 Å².